The van der Waals surface area contributed by atoms with Crippen molar-refractivity contribution in [2.75, 3.05) is 18.9 Å². The van der Waals surface area contributed by atoms with Crippen molar-refractivity contribution in [1.82, 2.24) is 9.88 Å². The number of likely N-dealkylation sites (N-methyl/N-ethyl adjacent to an activating group) is 1. The molecular formula is C20H23N3O3S. The van der Waals surface area contributed by atoms with Gasteiger partial charge in [0.05, 0.1) is 23.7 Å². The van der Waals surface area contributed by atoms with Crippen LogP contribution >= 0.6 is 11.3 Å². The van der Waals surface area contributed by atoms with Gasteiger partial charge in [0.2, 0.25) is 5.91 Å². The SMILES string of the molecule is CC(=O)c1sc2nc(C)cc(C)c2c1NC(=O)CN(C)Cc1ccc(C)o1. The number of thiophene rings is 1. The summed E-state index contributed by atoms with van der Waals surface area (Å²) in [6.45, 7) is 8.00. The van der Waals surface area contributed by atoms with Crippen LogP contribution in [0.15, 0.2) is 22.6 Å². The highest BCUT2D eigenvalue weighted by atomic mass is 32.1. The quantitative estimate of drug-likeness (QED) is 0.647. The molecule has 1 amide bonds. The number of fused-ring (bicyclic) bond motifs is 1. The molecule has 0 aliphatic rings. The number of carbonyl (C=O) groups is 2. The van der Waals surface area contributed by atoms with Crippen molar-refractivity contribution in [2.24, 2.45) is 0 Å². The van der Waals surface area contributed by atoms with Gasteiger partial charge in [-0.15, -0.1) is 11.3 Å². The highest BCUT2D eigenvalue weighted by Crippen LogP contribution is 2.37. The van der Waals surface area contributed by atoms with Crippen LogP contribution in [-0.4, -0.2) is 35.2 Å². The van der Waals surface area contributed by atoms with Gasteiger partial charge in [0.15, 0.2) is 5.78 Å². The molecule has 0 spiro atoms. The maximum absolute atomic E-state index is 12.6. The second kappa shape index (κ2) is 7.62. The number of aromatic nitrogens is 1. The van der Waals surface area contributed by atoms with E-state index in [0.717, 1.165) is 33.0 Å². The summed E-state index contributed by atoms with van der Waals surface area (Å²) in [5.41, 5.74) is 2.46. The molecule has 0 fully saturated rings. The first-order chi connectivity index (χ1) is 12.7. The summed E-state index contributed by atoms with van der Waals surface area (Å²) in [7, 11) is 1.85. The molecule has 0 unspecified atom stereocenters. The number of furan rings is 1. The van der Waals surface area contributed by atoms with E-state index in [4.69, 9.17) is 4.42 Å². The highest BCUT2D eigenvalue weighted by molar-refractivity contribution is 7.21. The van der Waals surface area contributed by atoms with Crippen molar-refractivity contribution in [3.05, 3.63) is 45.9 Å². The first-order valence-electron chi connectivity index (χ1n) is 8.70. The minimum atomic E-state index is -0.178. The third-order valence-electron chi connectivity index (χ3n) is 4.21. The molecule has 6 nitrogen and oxygen atoms in total. The zero-order chi connectivity index (χ0) is 19.7. The first-order valence-corrected chi connectivity index (χ1v) is 9.51. The van der Waals surface area contributed by atoms with Crippen LogP contribution in [0.3, 0.4) is 0 Å². The molecule has 0 radical (unpaired) electrons. The van der Waals surface area contributed by atoms with Crippen LogP contribution in [0.25, 0.3) is 10.2 Å². The van der Waals surface area contributed by atoms with Crippen molar-refractivity contribution in [2.45, 2.75) is 34.2 Å². The maximum atomic E-state index is 12.6. The predicted molar refractivity (Wildman–Crippen MR) is 108 cm³/mol. The zero-order valence-electron chi connectivity index (χ0n) is 16.2. The van der Waals surface area contributed by atoms with Crippen molar-refractivity contribution >= 4 is 38.9 Å². The Morgan fingerprint density at radius 1 is 1.26 bits per heavy atom. The average molecular weight is 385 g/mol. The minimum Gasteiger partial charge on any atom is -0.465 e. The van der Waals surface area contributed by atoms with E-state index in [9.17, 15) is 9.59 Å². The molecule has 0 aliphatic carbocycles. The maximum Gasteiger partial charge on any atom is 0.238 e. The second-order valence-corrected chi connectivity index (χ2v) is 7.85. The van der Waals surface area contributed by atoms with Gasteiger partial charge in [-0.3, -0.25) is 14.5 Å². The lowest BCUT2D eigenvalue weighted by molar-refractivity contribution is -0.117. The standard InChI is InChI=1S/C20H23N3O3S/c1-11-8-12(2)21-20-17(11)18(19(27-20)14(4)24)22-16(25)10-23(5)9-15-7-6-13(3)26-15/h6-8H,9-10H2,1-5H3,(H,22,25). The van der Waals surface area contributed by atoms with Crippen molar-refractivity contribution in [1.29, 1.82) is 0 Å². The molecule has 27 heavy (non-hydrogen) atoms. The highest BCUT2D eigenvalue weighted by Gasteiger charge is 2.21. The van der Waals surface area contributed by atoms with Gasteiger partial charge in [-0.05, 0) is 51.6 Å². The van der Waals surface area contributed by atoms with E-state index in [1.165, 1.54) is 18.3 Å². The van der Waals surface area contributed by atoms with E-state index in [2.05, 4.69) is 10.3 Å². The Morgan fingerprint density at radius 2 is 2.00 bits per heavy atom. The number of Topliss-reactive ketones (excluding diaryl/α,β-unsaturated/α-hetero) is 1. The van der Waals surface area contributed by atoms with Crippen LogP contribution in [0, 0.1) is 20.8 Å². The fourth-order valence-corrected chi connectivity index (χ4v) is 4.27. The Kier molecular flexibility index (Phi) is 5.43. The summed E-state index contributed by atoms with van der Waals surface area (Å²) in [4.78, 5) is 32.4. The topological polar surface area (TPSA) is 75.4 Å². The van der Waals surface area contributed by atoms with Gasteiger partial charge in [-0.25, -0.2) is 4.98 Å². The van der Waals surface area contributed by atoms with E-state index < -0.39 is 0 Å². The molecule has 0 bridgehead atoms. The number of nitrogens with zero attached hydrogens (tertiary/aromatic N) is 2. The van der Waals surface area contributed by atoms with E-state index >= 15 is 0 Å². The Balaban J connectivity index is 1.81. The van der Waals surface area contributed by atoms with Gasteiger partial charge in [-0.2, -0.15) is 0 Å². The number of rotatable bonds is 6. The summed E-state index contributed by atoms with van der Waals surface area (Å²) < 4.78 is 5.55. The molecule has 3 rings (SSSR count). The van der Waals surface area contributed by atoms with Crippen LogP contribution in [0.1, 0.15) is 39.4 Å². The number of hydrogen-bond acceptors (Lipinski definition) is 6. The number of aryl methyl sites for hydroxylation is 3. The fraction of sp³-hybridized carbons (Fsp3) is 0.350. The van der Waals surface area contributed by atoms with Crippen LogP contribution in [0.2, 0.25) is 0 Å². The van der Waals surface area contributed by atoms with Gasteiger partial charge in [0.25, 0.3) is 0 Å². The number of anilines is 1. The van der Waals surface area contributed by atoms with Gasteiger partial charge in [0.1, 0.15) is 16.4 Å². The summed E-state index contributed by atoms with van der Waals surface area (Å²) in [6.07, 6.45) is 0. The molecule has 0 aliphatic heterocycles. The summed E-state index contributed by atoms with van der Waals surface area (Å²) in [5.74, 6) is 1.40. The van der Waals surface area contributed by atoms with Gasteiger partial charge in [-0.1, -0.05) is 0 Å². The third-order valence-corrected chi connectivity index (χ3v) is 5.39. The van der Waals surface area contributed by atoms with E-state index in [-0.39, 0.29) is 18.2 Å². The molecule has 3 aromatic rings. The molecule has 3 heterocycles. The Bertz CT molecular complexity index is 1020. The first kappa shape index (κ1) is 19.3. The second-order valence-electron chi connectivity index (χ2n) is 6.86. The number of pyridine rings is 1. The average Bonchev–Trinajstić information content (AvgIpc) is 3.10. The van der Waals surface area contributed by atoms with Crippen LogP contribution in [0.5, 0.6) is 0 Å². The summed E-state index contributed by atoms with van der Waals surface area (Å²) >= 11 is 1.32. The van der Waals surface area contributed by atoms with E-state index in [1.54, 1.807) is 0 Å². The number of amides is 1. The number of nitrogens with one attached hydrogen (secondary N) is 1. The smallest absolute Gasteiger partial charge is 0.238 e. The molecule has 3 aromatic heterocycles. The molecule has 0 aromatic carbocycles. The van der Waals surface area contributed by atoms with Gasteiger partial charge < -0.3 is 9.73 Å². The fourth-order valence-electron chi connectivity index (χ4n) is 3.13. The summed E-state index contributed by atoms with van der Waals surface area (Å²) in [5, 5.41) is 3.78. The molecule has 142 valence electrons. The lowest BCUT2D eigenvalue weighted by Crippen LogP contribution is -2.30. The van der Waals surface area contributed by atoms with Gasteiger partial charge >= 0.3 is 0 Å². The van der Waals surface area contributed by atoms with E-state index in [0.29, 0.717) is 17.1 Å². The molecule has 0 atom stereocenters. The van der Waals surface area contributed by atoms with Crippen LogP contribution in [-0.2, 0) is 11.3 Å². The molecule has 7 heteroatoms. The largest absolute Gasteiger partial charge is 0.465 e. The Morgan fingerprint density at radius 3 is 2.63 bits per heavy atom. The van der Waals surface area contributed by atoms with Crippen molar-refractivity contribution in [3.8, 4) is 0 Å². The van der Waals surface area contributed by atoms with Crippen LogP contribution in [0.4, 0.5) is 5.69 Å². The lowest BCUT2D eigenvalue weighted by Gasteiger charge is -2.15. The molecule has 1 N–H and O–H groups in total. The Labute approximate surface area is 162 Å². The molecule has 0 saturated heterocycles. The number of hydrogen-bond donors (Lipinski definition) is 1. The number of carbonyl (C=O) groups excluding carboxylic acids is 2. The lowest BCUT2D eigenvalue weighted by atomic mass is 10.1. The predicted octanol–water partition coefficient (Wildman–Crippen LogP) is 4.09. The number of ketones is 1. The zero-order valence-corrected chi connectivity index (χ0v) is 17.0. The van der Waals surface area contributed by atoms with Gasteiger partial charge in [0, 0.05) is 18.0 Å². The molecule has 0 saturated carbocycles. The van der Waals surface area contributed by atoms with Crippen LogP contribution < -0.4 is 5.32 Å². The van der Waals surface area contributed by atoms with E-state index in [1.807, 2.05) is 50.9 Å². The Hall–Kier alpha value is -2.51. The minimum absolute atomic E-state index is 0.0789. The van der Waals surface area contributed by atoms with Crippen molar-refractivity contribution in [3.63, 3.8) is 0 Å². The molecular weight excluding hydrogens is 362 g/mol. The third kappa shape index (κ3) is 4.26. The van der Waals surface area contributed by atoms with Crippen molar-refractivity contribution < 1.29 is 14.0 Å². The summed E-state index contributed by atoms with van der Waals surface area (Å²) in [6, 6.07) is 5.76. The monoisotopic (exact) mass is 385 g/mol. The normalized spacial score (nSPS) is 11.3.